The van der Waals surface area contributed by atoms with Crippen molar-refractivity contribution in [3.05, 3.63) is 163 Å². The zero-order valence-corrected chi connectivity index (χ0v) is 25.9. The Morgan fingerprint density at radius 2 is 1.11 bits per heavy atom. The van der Waals surface area contributed by atoms with Crippen molar-refractivity contribution in [2.75, 3.05) is 0 Å². The number of rotatable bonds is 2. The molecule has 0 amide bonds. The molecule has 10 rings (SSSR count). The van der Waals surface area contributed by atoms with Crippen molar-refractivity contribution in [2.24, 2.45) is 0 Å². The molecule has 0 fully saturated rings. The van der Waals surface area contributed by atoms with Gasteiger partial charge in [-0.2, -0.15) is 0 Å². The summed E-state index contributed by atoms with van der Waals surface area (Å²) in [5.74, 6) is 0. The third-order valence-electron chi connectivity index (χ3n) is 10.5. The normalized spacial score (nSPS) is 13.6. The Morgan fingerprint density at radius 1 is 0.413 bits per heavy atom. The van der Waals surface area contributed by atoms with E-state index in [2.05, 4.69) is 170 Å². The van der Waals surface area contributed by atoms with Crippen molar-refractivity contribution >= 4 is 54.1 Å². The van der Waals surface area contributed by atoms with Gasteiger partial charge in [-0.1, -0.05) is 129 Å². The molecule has 0 N–H and O–H groups in total. The SMILES string of the molecule is CC1(C)c2ccccc2-c2cc3c4ccc(-c5c6ccccc6cc6c5ccc5ccccc56)cc4n(-c4ccccc4)c3cc21. The van der Waals surface area contributed by atoms with Gasteiger partial charge in [0.15, 0.2) is 0 Å². The molecule has 0 spiro atoms. The van der Waals surface area contributed by atoms with Crippen molar-refractivity contribution in [3.63, 3.8) is 0 Å². The first-order chi connectivity index (χ1) is 22.6. The van der Waals surface area contributed by atoms with E-state index < -0.39 is 0 Å². The average Bonchev–Trinajstić information content (AvgIpc) is 3.54. The van der Waals surface area contributed by atoms with E-state index in [9.17, 15) is 0 Å². The first-order valence-corrected chi connectivity index (χ1v) is 16.2. The molecule has 0 atom stereocenters. The molecule has 1 aliphatic carbocycles. The first kappa shape index (κ1) is 25.6. The monoisotopic (exact) mass is 585 g/mol. The van der Waals surface area contributed by atoms with Crippen LogP contribution in [0.15, 0.2) is 152 Å². The van der Waals surface area contributed by atoms with Gasteiger partial charge in [0.25, 0.3) is 0 Å². The van der Waals surface area contributed by atoms with Crippen LogP contribution in [-0.2, 0) is 5.41 Å². The van der Waals surface area contributed by atoms with Gasteiger partial charge in [-0.15, -0.1) is 0 Å². The molecule has 46 heavy (non-hydrogen) atoms. The molecule has 0 saturated carbocycles. The molecule has 9 aromatic rings. The molecule has 0 unspecified atom stereocenters. The summed E-state index contributed by atoms with van der Waals surface area (Å²) in [5.41, 5.74) is 11.7. The quantitative estimate of drug-likeness (QED) is 0.140. The smallest absolute Gasteiger partial charge is 0.0547 e. The van der Waals surface area contributed by atoms with Crippen LogP contribution in [0.1, 0.15) is 25.0 Å². The molecule has 1 heteroatoms. The van der Waals surface area contributed by atoms with Crippen LogP contribution in [0.2, 0.25) is 0 Å². The number of nitrogens with zero attached hydrogens (tertiary/aromatic N) is 1. The zero-order chi connectivity index (χ0) is 30.6. The van der Waals surface area contributed by atoms with Crippen LogP contribution >= 0.6 is 0 Å². The minimum atomic E-state index is -0.0616. The summed E-state index contributed by atoms with van der Waals surface area (Å²) in [6.07, 6.45) is 0. The lowest BCUT2D eigenvalue weighted by Gasteiger charge is -2.21. The maximum absolute atomic E-state index is 2.48. The van der Waals surface area contributed by atoms with E-state index in [1.165, 1.54) is 93.2 Å². The second-order valence-electron chi connectivity index (χ2n) is 13.3. The predicted molar refractivity (Wildman–Crippen MR) is 196 cm³/mol. The van der Waals surface area contributed by atoms with Crippen molar-refractivity contribution in [2.45, 2.75) is 19.3 Å². The lowest BCUT2D eigenvalue weighted by Crippen LogP contribution is -2.14. The Hall–Kier alpha value is -5.66. The van der Waals surface area contributed by atoms with Crippen molar-refractivity contribution in [1.82, 2.24) is 4.57 Å². The minimum absolute atomic E-state index is 0.0616. The van der Waals surface area contributed by atoms with E-state index in [0.717, 1.165) is 0 Å². The lowest BCUT2D eigenvalue weighted by atomic mass is 9.82. The highest BCUT2D eigenvalue weighted by Gasteiger charge is 2.36. The van der Waals surface area contributed by atoms with Crippen LogP contribution < -0.4 is 0 Å². The van der Waals surface area contributed by atoms with Gasteiger partial charge < -0.3 is 4.57 Å². The van der Waals surface area contributed by atoms with E-state index >= 15 is 0 Å². The summed E-state index contributed by atoms with van der Waals surface area (Å²) < 4.78 is 2.48. The third kappa shape index (κ3) is 3.40. The van der Waals surface area contributed by atoms with Gasteiger partial charge in [-0.3, -0.25) is 0 Å². The molecule has 1 nitrogen and oxygen atoms in total. The van der Waals surface area contributed by atoms with Gasteiger partial charge >= 0.3 is 0 Å². The van der Waals surface area contributed by atoms with Crippen LogP contribution in [0.5, 0.6) is 0 Å². The van der Waals surface area contributed by atoms with Gasteiger partial charge in [0.2, 0.25) is 0 Å². The number of benzene rings is 8. The van der Waals surface area contributed by atoms with Crippen LogP contribution in [0.25, 0.3) is 82.1 Å². The molecule has 8 aromatic carbocycles. The molecule has 1 aromatic heterocycles. The van der Waals surface area contributed by atoms with Crippen LogP contribution in [0, 0.1) is 0 Å². The molecule has 0 radical (unpaired) electrons. The maximum atomic E-state index is 2.48. The minimum Gasteiger partial charge on any atom is -0.309 e. The van der Waals surface area contributed by atoms with Crippen LogP contribution in [0.3, 0.4) is 0 Å². The number of hydrogen-bond acceptors (Lipinski definition) is 0. The average molecular weight is 586 g/mol. The third-order valence-corrected chi connectivity index (χ3v) is 10.5. The fourth-order valence-corrected chi connectivity index (χ4v) is 8.35. The molecule has 1 aliphatic rings. The summed E-state index contributed by atoms with van der Waals surface area (Å²) in [6, 6.07) is 56.4. The second kappa shape index (κ2) is 9.19. The number of para-hydroxylation sites is 1. The van der Waals surface area contributed by atoms with Crippen molar-refractivity contribution in [1.29, 1.82) is 0 Å². The largest absolute Gasteiger partial charge is 0.309 e. The number of aromatic nitrogens is 1. The summed E-state index contributed by atoms with van der Waals surface area (Å²) in [6.45, 7) is 4.74. The van der Waals surface area contributed by atoms with Gasteiger partial charge in [0.1, 0.15) is 0 Å². The van der Waals surface area contributed by atoms with Crippen LogP contribution in [-0.4, -0.2) is 4.57 Å². The molecule has 216 valence electrons. The van der Waals surface area contributed by atoms with Crippen LogP contribution in [0.4, 0.5) is 0 Å². The summed E-state index contributed by atoms with van der Waals surface area (Å²) in [4.78, 5) is 0. The molecule has 1 heterocycles. The Morgan fingerprint density at radius 3 is 1.98 bits per heavy atom. The summed E-state index contributed by atoms with van der Waals surface area (Å²) in [7, 11) is 0. The second-order valence-corrected chi connectivity index (χ2v) is 13.3. The van der Waals surface area contributed by atoms with E-state index in [-0.39, 0.29) is 5.41 Å². The molecule has 0 aliphatic heterocycles. The van der Waals surface area contributed by atoms with Gasteiger partial charge in [-0.05, 0) is 102 Å². The highest BCUT2D eigenvalue weighted by Crippen LogP contribution is 2.51. The highest BCUT2D eigenvalue weighted by atomic mass is 15.0. The topological polar surface area (TPSA) is 4.93 Å². The zero-order valence-electron chi connectivity index (χ0n) is 25.9. The fraction of sp³-hybridized carbons (Fsp3) is 0.0667. The molecule has 0 saturated heterocycles. The first-order valence-electron chi connectivity index (χ1n) is 16.2. The van der Waals surface area contributed by atoms with E-state index in [4.69, 9.17) is 0 Å². The summed E-state index contributed by atoms with van der Waals surface area (Å²) >= 11 is 0. The van der Waals surface area contributed by atoms with E-state index in [0.29, 0.717) is 0 Å². The Kier molecular flexibility index (Phi) is 5.12. The highest BCUT2D eigenvalue weighted by molar-refractivity contribution is 6.21. The Balaban J connectivity index is 1.33. The fourth-order valence-electron chi connectivity index (χ4n) is 8.35. The van der Waals surface area contributed by atoms with E-state index in [1.807, 2.05) is 0 Å². The number of fused-ring (bicyclic) bond motifs is 10. The van der Waals surface area contributed by atoms with Gasteiger partial charge in [0, 0.05) is 21.9 Å². The molecular weight excluding hydrogens is 555 g/mol. The van der Waals surface area contributed by atoms with Crippen molar-refractivity contribution in [3.8, 4) is 27.9 Å². The number of hydrogen-bond donors (Lipinski definition) is 0. The lowest BCUT2D eigenvalue weighted by molar-refractivity contribution is 0.661. The summed E-state index contributed by atoms with van der Waals surface area (Å²) in [5, 5.41) is 10.3. The van der Waals surface area contributed by atoms with Gasteiger partial charge in [0.05, 0.1) is 11.0 Å². The van der Waals surface area contributed by atoms with Crippen molar-refractivity contribution < 1.29 is 0 Å². The Labute approximate surface area is 268 Å². The predicted octanol–water partition coefficient (Wildman–Crippen LogP) is 12.2. The van der Waals surface area contributed by atoms with Gasteiger partial charge in [-0.25, -0.2) is 0 Å². The Bertz CT molecular complexity index is 2710. The standard InChI is InChI=1S/C45H31N/c1-45(2)40-19-11-10-18-34(40)38-26-39-35-22-21-30(25-42(35)46(43(39)27-41(38)45)31-14-4-3-5-15-31)44-33-17-9-7-13-29(33)24-37-32-16-8-6-12-28(32)20-23-36(37)44/h3-27H,1-2H3. The molecule has 0 bridgehead atoms. The molecular formula is C45H31N. The maximum Gasteiger partial charge on any atom is 0.0547 e. The van der Waals surface area contributed by atoms with E-state index in [1.54, 1.807) is 0 Å².